The van der Waals surface area contributed by atoms with Crippen LogP contribution >= 0.6 is 39.1 Å². The molecule has 0 aliphatic rings. The largest absolute Gasteiger partial charge is 0.480 e. The van der Waals surface area contributed by atoms with Gasteiger partial charge in [0.1, 0.15) is 6.04 Å². The summed E-state index contributed by atoms with van der Waals surface area (Å²) in [5.41, 5.74) is 0.292. The van der Waals surface area contributed by atoms with Gasteiger partial charge in [-0.15, -0.1) is 0 Å². The van der Waals surface area contributed by atoms with Crippen LogP contribution in [0.5, 0.6) is 0 Å². The molecule has 8 heteroatoms. The summed E-state index contributed by atoms with van der Waals surface area (Å²) < 4.78 is 0.596. The van der Waals surface area contributed by atoms with Crippen LogP contribution in [0.1, 0.15) is 6.92 Å². The molecular formula is C10H9BrCl2N2O3. The molecular weight excluding hydrogens is 347 g/mol. The molecule has 1 aromatic carbocycles. The average Bonchev–Trinajstić information content (AvgIpc) is 2.29. The molecule has 0 heterocycles. The molecule has 0 spiro atoms. The molecule has 1 unspecified atom stereocenters. The molecule has 3 N–H and O–H groups in total. The van der Waals surface area contributed by atoms with Crippen LogP contribution in [0, 0.1) is 0 Å². The van der Waals surface area contributed by atoms with Gasteiger partial charge in [-0.1, -0.05) is 23.2 Å². The molecule has 18 heavy (non-hydrogen) atoms. The highest BCUT2D eigenvalue weighted by molar-refractivity contribution is 9.10. The Labute approximate surface area is 122 Å². The number of anilines is 1. The first-order valence-corrected chi connectivity index (χ1v) is 6.31. The number of aliphatic carboxylic acids is 1. The van der Waals surface area contributed by atoms with Crippen molar-refractivity contribution in [1.29, 1.82) is 0 Å². The highest BCUT2D eigenvalue weighted by Crippen LogP contribution is 2.35. The number of benzene rings is 1. The maximum atomic E-state index is 11.5. The summed E-state index contributed by atoms with van der Waals surface area (Å²) >= 11 is 15.0. The van der Waals surface area contributed by atoms with Gasteiger partial charge in [-0.2, -0.15) is 0 Å². The first-order valence-electron chi connectivity index (χ1n) is 4.76. The molecule has 0 aliphatic carbocycles. The van der Waals surface area contributed by atoms with Gasteiger partial charge in [0.15, 0.2) is 0 Å². The molecule has 0 fully saturated rings. The maximum Gasteiger partial charge on any atom is 0.325 e. The minimum Gasteiger partial charge on any atom is -0.480 e. The summed E-state index contributed by atoms with van der Waals surface area (Å²) in [6.07, 6.45) is 0. The van der Waals surface area contributed by atoms with E-state index in [0.29, 0.717) is 10.2 Å². The monoisotopic (exact) mass is 354 g/mol. The number of carboxylic acid groups (broad SMARTS) is 1. The highest BCUT2D eigenvalue weighted by Gasteiger charge is 2.15. The summed E-state index contributed by atoms with van der Waals surface area (Å²) in [6.45, 7) is 1.35. The Bertz CT molecular complexity index is 496. The third-order valence-electron chi connectivity index (χ3n) is 2.00. The number of rotatable bonds is 3. The van der Waals surface area contributed by atoms with Gasteiger partial charge < -0.3 is 15.7 Å². The van der Waals surface area contributed by atoms with E-state index < -0.39 is 18.0 Å². The van der Waals surface area contributed by atoms with Crippen molar-refractivity contribution in [1.82, 2.24) is 5.32 Å². The van der Waals surface area contributed by atoms with Crippen molar-refractivity contribution in [3.05, 3.63) is 26.7 Å². The van der Waals surface area contributed by atoms with Crippen molar-refractivity contribution in [2.75, 3.05) is 5.32 Å². The predicted octanol–water partition coefficient (Wildman–Crippen LogP) is 3.35. The summed E-state index contributed by atoms with van der Waals surface area (Å²) in [5.74, 6) is -1.13. The lowest BCUT2D eigenvalue weighted by molar-refractivity contribution is -0.138. The summed E-state index contributed by atoms with van der Waals surface area (Å²) in [4.78, 5) is 22.0. The Morgan fingerprint density at radius 3 is 2.50 bits per heavy atom. The molecule has 1 atom stereocenters. The predicted molar refractivity (Wildman–Crippen MR) is 73.4 cm³/mol. The first-order chi connectivity index (χ1) is 8.32. The van der Waals surface area contributed by atoms with Gasteiger partial charge >= 0.3 is 12.0 Å². The van der Waals surface area contributed by atoms with E-state index >= 15 is 0 Å². The summed E-state index contributed by atoms with van der Waals surface area (Å²) in [6, 6.07) is 1.48. The Morgan fingerprint density at radius 2 is 1.94 bits per heavy atom. The zero-order valence-electron chi connectivity index (χ0n) is 9.13. The maximum absolute atomic E-state index is 11.5. The average molecular weight is 356 g/mol. The lowest BCUT2D eigenvalue weighted by Gasteiger charge is -2.12. The Hall–Kier alpha value is -0.980. The zero-order valence-corrected chi connectivity index (χ0v) is 12.2. The third-order valence-corrected chi connectivity index (χ3v) is 3.77. The number of carbonyl (C=O) groups is 2. The molecule has 1 rings (SSSR count). The lowest BCUT2D eigenvalue weighted by Crippen LogP contribution is -2.40. The number of urea groups is 1. The minimum atomic E-state index is -1.13. The molecule has 5 nitrogen and oxygen atoms in total. The van der Waals surface area contributed by atoms with Crippen LogP contribution in [-0.4, -0.2) is 23.1 Å². The molecule has 0 saturated carbocycles. The van der Waals surface area contributed by atoms with Crippen LogP contribution in [0.15, 0.2) is 16.6 Å². The quantitative estimate of drug-likeness (QED) is 0.727. The Kier molecular flexibility index (Phi) is 5.25. The zero-order chi connectivity index (χ0) is 13.9. The smallest absolute Gasteiger partial charge is 0.325 e. The Balaban J connectivity index is 2.77. The van der Waals surface area contributed by atoms with E-state index in [9.17, 15) is 9.59 Å². The highest BCUT2D eigenvalue weighted by atomic mass is 79.9. The minimum absolute atomic E-state index is 0.171. The second-order valence-corrected chi connectivity index (χ2v) is 4.99. The van der Waals surface area contributed by atoms with E-state index in [4.69, 9.17) is 28.3 Å². The molecule has 0 radical (unpaired) electrons. The van der Waals surface area contributed by atoms with Gasteiger partial charge in [0, 0.05) is 4.47 Å². The molecule has 1 aromatic rings. The van der Waals surface area contributed by atoms with E-state index in [1.165, 1.54) is 6.92 Å². The number of carbonyl (C=O) groups excluding carboxylic acids is 1. The fraction of sp³-hybridized carbons (Fsp3) is 0.200. The first kappa shape index (κ1) is 15.1. The standard InChI is InChI=1S/C10H9BrCl2N2O3/c1-4(9(16)17)14-10(18)15-6-3-2-5(11)7(12)8(6)13/h2-4H,1H3,(H,16,17)(H2,14,15,18). The van der Waals surface area contributed by atoms with Gasteiger partial charge in [0.2, 0.25) is 0 Å². The molecule has 0 aliphatic heterocycles. The van der Waals surface area contributed by atoms with Crippen LogP contribution in [0.4, 0.5) is 10.5 Å². The van der Waals surface area contributed by atoms with Gasteiger partial charge in [0.05, 0.1) is 15.7 Å². The lowest BCUT2D eigenvalue weighted by atomic mass is 10.3. The van der Waals surface area contributed by atoms with Gasteiger partial charge in [-0.25, -0.2) is 4.79 Å². The molecule has 98 valence electrons. The molecule has 0 saturated heterocycles. The van der Waals surface area contributed by atoms with E-state index in [2.05, 4.69) is 26.6 Å². The third kappa shape index (κ3) is 3.76. The molecule has 2 amide bonds. The fourth-order valence-corrected chi connectivity index (χ4v) is 1.86. The van der Waals surface area contributed by atoms with Crippen LogP contribution in [0.3, 0.4) is 0 Å². The summed E-state index contributed by atoms with van der Waals surface area (Å²) in [7, 11) is 0. The molecule has 0 bridgehead atoms. The van der Waals surface area contributed by atoms with Gasteiger partial charge in [-0.3, -0.25) is 4.79 Å². The van der Waals surface area contributed by atoms with E-state index in [1.807, 2.05) is 0 Å². The number of carboxylic acids is 1. The van der Waals surface area contributed by atoms with Crippen LogP contribution in [0.25, 0.3) is 0 Å². The SMILES string of the molecule is CC(NC(=O)Nc1ccc(Br)c(Cl)c1Cl)C(=O)O. The number of nitrogens with one attached hydrogen (secondary N) is 2. The van der Waals surface area contributed by atoms with Crippen LogP contribution in [-0.2, 0) is 4.79 Å². The van der Waals surface area contributed by atoms with Crippen molar-refractivity contribution >= 4 is 56.8 Å². The van der Waals surface area contributed by atoms with Crippen molar-refractivity contribution in [3.63, 3.8) is 0 Å². The second-order valence-electron chi connectivity index (χ2n) is 3.38. The fourth-order valence-electron chi connectivity index (χ4n) is 1.04. The summed E-state index contributed by atoms with van der Waals surface area (Å²) in [5, 5.41) is 13.7. The van der Waals surface area contributed by atoms with Crippen molar-refractivity contribution in [2.45, 2.75) is 13.0 Å². The molecule has 0 aromatic heterocycles. The van der Waals surface area contributed by atoms with E-state index in [1.54, 1.807) is 12.1 Å². The number of hydrogen-bond acceptors (Lipinski definition) is 2. The van der Waals surface area contributed by atoms with Crippen molar-refractivity contribution < 1.29 is 14.7 Å². The number of halogens is 3. The van der Waals surface area contributed by atoms with Gasteiger partial charge in [0.25, 0.3) is 0 Å². The Morgan fingerprint density at radius 1 is 1.33 bits per heavy atom. The topological polar surface area (TPSA) is 78.4 Å². The van der Waals surface area contributed by atoms with Crippen molar-refractivity contribution in [2.24, 2.45) is 0 Å². The normalized spacial score (nSPS) is 11.8. The van der Waals surface area contributed by atoms with E-state index in [-0.39, 0.29) is 10.0 Å². The van der Waals surface area contributed by atoms with Gasteiger partial charge in [-0.05, 0) is 35.0 Å². The number of hydrogen-bond donors (Lipinski definition) is 3. The van der Waals surface area contributed by atoms with Crippen molar-refractivity contribution in [3.8, 4) is 0 Å². The van der Waals surface area contributed by atoms with E-state index in [0.717, 1.165) is 0 Å². The van der Waals surface area contributed by atoms with Crippen LogP contribution in [0.2, 0.25) is 10.0 Å². The number of amides is 2. The second kappa shape index (κ2) is 6.26. The van der Waals surface area contributed by atoms with Crippen LogP contribution < -0.4 is 10.6 Å².